The van der Waals surface area contributed by atoms with E-state index in [1.165, 1.54) is 14.2 Å². The van der Waals surface area contributed by atoms with Gasteiger partial charge in [0.25, 0.3) is 0 Å². The number of hydrogen-bond acceptors (Lipinski definition) is 11. The van der Waals surface area contributed by atoms with Crippen LogP contribution < -0.4 is 9.64 Å². The zero-order valence-electron chi connectivity index (χ0n) is 33.4. The Labute approximate surface area is 328 Å². The number of aliphatic hydroxyl groups is 3. The summed E-state index contributed by atoms with van der Waals surface area (Å²) in [5.74, 6) is -0.908. The molecule has 0 amide bonds. The number of rotatable bonds is 6. The molecular weight excluding hydrogens is 713 g/mol. The molecule has 10 atom stereocenters. The lowest BCUT2D eigenvalue weighted by atomic mass is 9.47. The van der Waals surface area contributed by atoms with Crippen molar-refractivity contribution in [2.45, 2.75) is 92.6 Å². The average molecular weight is 769 g/mol. The average Bonchev–Trinajstić information content (AvgIpc) is 3.87. The summed E-state index contributed by atoms with van der Waals surface area (Å²) in [6.45, 7) is 7.41. The Morgan fingerprint density at radius 1 is 0.964 bits per heavy atom. The molecular formula is C44H56N4O8. The van der Waals surface area contributed by atoms with Crippen LogP contribution in [0.3, 0.4) is 0 Å². The van der Waals surface area contributed by atoms with Gasteiger partial charge in [-0.3, -0.25) is 14.6 Å². The lowest BCUT2D eigenvalue weighted by Gasteiger charge is -2.63. The number of likely N-dealkylation sites (N-methyl/N-ethyl adjacent to an activating group) is 1. The van der Waals surface area contributed by atoms with E-state index in [1.54, 1.807) is 7.11 Å². The van der Waals surface area contributed by atoms with Gasteiger partial charge in [0.1, 0.15) is 17.3 Å². The monoisotopic (exact) mass is 768 g/mol. The second kappa shape index (κ2) is 12.8. The molecule has 5 aliphatic heterocycles. The fourth-order valence-corrected chi connectivity index (χ4v) is 13.2. The highest BCUT2D eigenvalue weighted by atomic mass is 16.5. The van der Waals surface area contributed by atoms with Crippen molar-refractivity contribution in [2.24, 2.45) is 11.3 Å². The molecule has 1 spiro atoms. The highest BCUT2D eigenvalue weighted by molar-refractivity contribution is 5.95. The van der Waals surface area contributed by atoms with Crippen molar-refractivity contribution in [1.29, 1.82) is 0 Å². The molecule has 2 saturated heterocycles. The number of aromatic nitrogens is 1. The van der Waals surface area contributed by atoms with Gasteiger partial charge in [0.05, 0.1) is 33.0 Å². The normalized spacial score (nSPS) is 38.4. The van der Waals surface area contributed by atoms with Crippen LogP contribution in [0, 0.1) is 11.3 Å². The zero-order chi connectivity index (χ0) is 39.6. The number of para-hydroxylation sites is 1. The summed E-state index contributed by atoms with van der Waals surface area (Å²) in [7, 11) is 6.17. The van der Waals surface area contributed by atoms with Crippen LogP contribution in [-0.2, 0) is 36.3 Å². The largest absolute Gasteiger partial charge is 0.496 e. The number of nitrogens with one attached hydrogen (secondary N) is 1. The van der Waals surface area contributed by atoms with Crippen LogP contribution in [-0.4, -0.2) is 133 Å². The second-order valence-corrected chi connectivity index (χ2v) is 17.6. The number of piperidine rings is 1. The van der Waals surface area contributed by atoms with Gasteiger partial charge in [-0.05, 0) is 74.2 Å². The van der Waals surface area contributed by atoms with E-state index in [2.05, 4.69) is 26.9 Å². The van der Waals surface area contributed by atoms with E-state index in [9.17, 15) is 20.1 Å². The maximum atomic E-state index is 15.2. The van der Waals surface area contributed by atoms with Gasteiger partial charge in [-0.25, -0.2) is 4.79 Å². The summed E-state index contributed by atoms with van der Waals surface area (Å²) in [4.78, 5) is 39.7. The molecule has 6 heterocycles. The number of aromatic amines is 1. The van der Waals surface area contributed by atoms with Gasteiger partial charge in [0.15, 0.2) is 0 Å². The minimum absolute atomic E-state index is 0.0795. The number of aliphatic hydroxyl groups excluding tert-OH is 1. The SMILES string of the molecule is CC[C@]1(O)C[C@H]2CN(CCc3c([nH]c4ccccc34)[C@@](C(=O)OC)(c3cc4c(cc3OC)N(C)[C@H]3[C@@](O)(C(=O)OC)[C@H](O)[C@]5(CC)C=CCN6CC[C@@]43[C@@H]65)C2)C1. The zero-order valence-corrected chi connectivity index (χ0v) is 33.4. The summed E-state index contributed by atoms with van der Waals surface area (Å²) < 4.78 is 17.6. The Bertz CT molecular complexity index is 2140. The van der Waals surface area contributed by atoms with E-state index in [-0.39, 0.29) is 12.0 Å². The highest BCUT2D eigenvalue weighted by Crippen LogP contribution is 2.67. The number of H-pyrrole nitrogens is 1. The van der Waals surface area contributed by atoms with Crippen molar-refractivity contribution in [2.75, 3.05) is 66.0 Å². The molecule has 1 saturated carbocycles. The third kappa shape index (κ3) is 4.59. The molecule has 12 nitrogen and oxygen atoms in total. The van der Waals surface area contributed by atoms with Crippen molar-refractivity contribution >= 4 is 28.5 Å². The van der Waals surface area contributed by atoms with E-state index in [4.69, 9.17) is 14.2 Å². The first-order chi connectivity index (χ1) is 26.8. The molecule has 9 rings (SSSR count). The number of hydrogen-bond donors (Lipinski definition) is 4. The molecule has 6 aliphatic rings. The van der Waals surface area contributed by atoms with Crippen molar-refractivity contribution in [3.05, 3.63) is 70.9 Å². The summed E-state index contributed by atoms with van der Waals surface area (Å²) >= 11 is 0. The first-order valence-corrected chi connectivity index (χ1v) is 20.3. The fraction of sp³-hybridized carbons (Fsp3) is 0.591. The lowest BCUT2D eigenvalue weighted by Crippen LogP contribution is -2.80. The van der Waals surface area contributed by atoms with Crippen molar-refractivity contribution in [3.63, 3.8) is 0 Å². The number of benzene rings is 2. The van der Waals surface area contributed by atoms with Crippen LogP contribution in [0.25, 0.3) is 10.9 Å². The molecule has 0 radical (unpaired) electrons. The van der Waals surface area contributed by atoms with Crippen molar-refractivity contribution in [3.8, 4) is 5.75 Å². The first-order valence-electron chi connectivity index (χ1n) is 20.3. The minimum atomic E-state index is -2.29. The predicted octanol–water partition coefficient (Wildman–Crippen LogP) is 3.42. The van der Waals surface area contributed by atoms with Gasteiger partial charge in [-0.2, -0.15) is 0 Å². The molecule has 1 unspecified atom stereocenters. The number of anilines is 1. The molecule has 300 valence electrons. The second-order valence-electron chi connectivity index (χ2n) is 17.6. The van der Waals surface area contributed by atoms with Gasteiger partial charge in [-0.1, -0.05) is 44.2 Å². The van der Waals surface area contributed by atoms with Gasteiger partial charge in [-0.15, -0.1) is 0 Å². The summed E-state index contributed by atoms with van der Waals surface area (Å²) in [6, 6.07) is 11.1. The topological polar surface area (TPSA) is 148 Å². The number of fused-ring (bicyclic) bond motifs is 6. The standard InChI is InChI=1S/C44H56N4O8/c1-7-40(52)22-26-23-43(38(50)55-5,34-28(14-18-47(24-26)25-40)27-12-9-10-13-31(27)45-34)30-20-29-32(21-33(30)54-4)46(3)36-42(29)16-19-48-17-11-15-41(8-2,35(42)48)37(49)44(36,53)39(51)56-6/h9-13,15,20-21,26,35-37,45,49,52-53H,7-8,14,16-19,22-25H2,1-6H3/t26-,35+,36-,37-,40+,41-,42+,43+,44+/m1/s1. The number of carbonyl (C=O) groups excluding carboxylic acids is 2. The van der Waals surface area contributed by atoms with E-state index < -0.39 is 51.5 Å². The lowest BCUT2D eigenvalue weighted by molar-refractivity contribution is -0.218. The Balaban J connectivity index is 1.36. The third-order valence-corrected chi connectivity index (χ3v) is 15.4. The van der Waals surface area contributed by atoms with Crippen LogP contribution in [0.1, 0.15) is 68.3 Å². The smallest absolute Gasteiger partial charge is 0.342 e. The minimum Gasteiger partial charge on any atom is -0.496 e. The van der Waals surface area contributed by atoms with Crippen LogP contribution >= 0.6 is 0 Å². The summed E-state index contributed by atoms with van der Waals surface area (Å²) in [5, 5.41) is 38.3. The molecule has 1 aromatic heterocycles. The van der Waals surface area contributed by atoms with Gasteiger partial charge in [0, 0.05) is 84.0 Å². The molecule has 12 heteroatoms. The number of carbonyl (C=O) groups is 2. The van der Waals surface area contributed by atoms with Gasteiger partial charge < -0.3 is 39.4 Å². The Kier molecular flexibility index (Phi) is 8.59. The Morgan fingerprint density at radius 2 is 1.73 bits per heavy atom. The van der Waals surface area contributed by atoms with Crippen molar-refractivity contribution < 1.29 is 39.1 Å². The first kappa shape index (κ1) is 37.6. The number of methoxy groups -OCH3 is 3. The van der Waals surface area contributed by atoms with Crippen LogP contribution in [0.2, 0.25) is 0 Å². The maximum Gasteiger partial charge on any atom is 0.342 e. The summed E-state index contributed by atoms with van der Waals surface area (Å²) in [5.41, 5.74) is -1.43. The molecule has 56 heavy (non-hydrogen) atoms. The van der Waals surface area contributed by atoms with Gasteiger partial charge >= 0.3 is 11.9 Å². The highest BCUT2D eigenvalue weighted by Gasteiger charge is 2.79. The van der Waals surface area contributed by atoms with Crippen molar-refractivity contribution in [1.82, 2.24) is 14.8 Å². The number of nitrogens with zero attached hydrogens (tertiary/aromatic N) is 3. The molecule has 3 fully saturated rings. The van der Waals surface area contributed by atoms with Crippen LogP contribution in [0.15, 0.2) is 48.6 Å². The van der Waals surface area contributed by atoms with Gasteiger partial charge in [0.2, 0.25) is 5.60 Å². The Hall–Kier alpha value is -3.94. The number of ether oxygens (including phenoxy) is 3. The fourth-order valence-electron chi connectivity index (χ4n) is 13.2. The molecule has 3 aromatic rings. The Morgan fingerprint density at radius 3 is 2.45 bits per heavy atom. The third-order valence-electron chi connectivity index (χ3n) is 15.4. The number of esters is 2. The molecule has 2 aromatic carbocycles. The predicted molar refractivity (Wildman–Crippen MR) is 211 cm³/mol. The van der Waals surface area contributed by atoms with E-state index in [1.807, 2.05) is 62.2 Å². The molecule has 2 bridgehead atoms. The van der Waals surface area contributed by atoms with Crippen LogP contribution in [0.5, 0.6) is 5.75 Å². The van der Waals surface area contributed by atoms with E-state index in [0.717, 1.165) is 46.5 Å². The van der Waals surface area contributed by atoms with Crippen LogP contribution in [0.4, 0.5) is 5.69 Å². The summed E-state index contributed by atoms with van der Waals surface area (Å²) in [6.07, 6.45) is 5.82. The maximum absolute atomic E-state index is 15.2. The van der Waals surface area contributed by atoms with E-state index >= 15 is 4.79 Å². The quantitative estimate of drug-likeness (QED) is 0.216. The van der Waals surface area contributed by atoms with E-state index in [0.29, 0.717) is 69.5 Å². The molecule has 4 N–H and O–H groups in total. The molecule has 1 aliphatic carbocycles.